The Bertz CT molecular complexity index is 778. The minimum atomic E-state index is -0.594. The van der Waals surface area contributed by atoms with Crippen LogP contribution in [0.15, 0.2) is 45.5 Å². The summed E-state index contributed by atoms with van der Waals surface area (Å²) in [5, 5.41) is 5.47. The van der Waals surface area contributed by atoms with Crippen molar-refractivity contribution in [2.24, 2.45) is 0 Å². The highest BCUT2D eigenvalue weighted by Gasteiger charge is 2.27. The molecule has 0 bridgehead atoms. The molecule has 2 N–H and O–H groups in total. The smallest absolute Gasteiger partial charge is 0.411 e. The summed E-state index contributed by atoms with van der Waals surface area (Å²) in [7, 11) is 0. The molecule has 2 atom stereocenters. The summed E-state index contributed by atoms with van der Waals surface area (Å²) in [6, 6.07) is 8.59. The van der Waals surface area contributed by atoms with Crippen LogP contribution >= 0.6 is 15.9 Å². The van der Waals surface area contributed by atoms with Crippen molar-refractivity contribution in [3.05, 3.63) is 52.6 Å². The topological polar surface area (TPSA) is 80.6 Å². The number of furan rings is 1. The van der Waals surface area contributed by atoms with Crippen molar-refractivity contribution in [1.82, 2.24) is 5.32 Å². The quantitative estimate of drug-likeness (QED) is 0.758. The normalized spacial score (nSPS) is 19.6. The van der Waals surface area contributed by atoms with Gasteiger partial charge in [0.15, 0.2) is 10.4 Å². The number of hydrogen-bond acceptors (Lipinski definition) is 4. The number of amides is 2. The van der Waals surface area contributed by atoms with Crippen LogP contribution in [0, 0.1) is 5.82 Å². The highest BCUT2D eigenvalue weighted by atomic mass is 79.9. The Hall–Kier alpha value is -2.35. The molecule has 2 aromatic rings. The van der Waals surface area contributed by atoms with Crippen molar-refractivity contribution in [2.75, 3.05) is 5.32 Å². The molecule has 0 unspecified atom stereocenters. The van der Waals surface area contributed by atoms with Gasteiger partial charge < -0.3 is 14.5 Å². The summed E-state index contributed by atoms with van der Waals surface area (Å²) in [4.78, 5) is 24.1. The summed E-state index contributed by atoms with van der Waals surface area (Å²) in [5.41, 5.74) is 0.459. The molecule has 1 aromatic heterocycles. The van der Waals surface area contributed by atoms with E-state index in [0.717, 1.165) is 19.3 Å². The van der Waals surface area contributed by atoms with Crippen molar-refractivity contribution in [3.8, 4) is 0 Å². The van der Waals surface area contributed by atoms with Crippen molar-refractivity contribution in [2.45, 2.75) is 37.8 Å². The number of hydrogen-bond donors (Lipinski definition) is 2. The van der Waals surface area contributed by atoms with Gasteiger partial charge in [-0.15, -0.1) is 0 Å². The van der Waals surface area contributed by atoms with E-state index in [-0.39, 0.29) is 29.6 Å². The van der Waals surface area contributed by atoms with Crippen LogP contribution in [0.3, 0.4) is 0 Å². The van der Waals surface area contributed by atoms with Gasteiger partial charge in [-0.2, -0.15) is 0 Å². The van der Waals surface area contributed by atoms with Crippen molar-refractivity contribution < 1.29 is 23.1 Å². The molecule has 0 spiro atoms. The van der Waals surface area contributed by atoms with Gasteiger partial charge >= 0.3 is 6.09 Å². The highest BCUT2D eigenvalue weighted by molar-refractivity contribution is 9.10. The molecule has 1 saturated carbocycles. The van der Waals surface area contributed by atoms with Gasteiger partial charge in [-0.05, 0) is 71.6 Å². The van der Waals surface area contributed by atoms with E-state index in [1.165, 1.54) is 24.3 Å². The number of anilines is 1. The SMILES string of the molecule is O=C(Nc1ccc(F)cc1)O[C@H]1CCC[C@@H](NC(=O)c2ccc(Br)o2)C1. The minimum Gasteiger partial charge on any atom is -0.446 e. The first-order chi connectivity index (χ1) is 12.5. The molecular weight excluding hydrogens is 407 g/mol. The third-order valence-electron chi connectivity index (χ3n) is 4.12. The zero-order valence-electron chi connectivity index (χ0n) is 13.8. The Morgan fingerprint density at radius 3 is 2.62 bits per heavy atom. The van der Waals surface area contributed by atoms with Crippen LogP contribution in [0.2, 0.25) is 0 Å². The molecule has 1 heterocycles. The number of benzene rings is 1. The molecule has 2 amide bonds. The lowest BCUT2D eigenvalue weighted by atomic mass is 9.93. The maximum atomic E-state index is 12.9. The first-order valence-electron chi connectivity index (χ1n) is 8.29. The molecule has 1 aromatic carbocycles. The molecule has 138 valence electrons. The Morgan fingerprint density at radius 1 is 1.15 bits per heavy atom. The van der Waals surface area contributed by atoms with Crippen molar-refractivity contribution in [1.29, 1.82) is 0 Å². The Labute approximate surface area is 158 Å². The highest BCUT2D eigenvalue weighted by Crippen LogP contribution is 2.23. The van der Waals surface area contributed by atoms with Crippen LogP contribution in [0.25, 0.3) is 0 Å². The van der Waals surface area contributed by atoms with Crippen LogP contribution < -0.4 is 10.6 Å². The molecule has 26 heavy (non-hydrogen) atoms. The van der Waals surface area contributed by atoms with E-state index in [4.69, 9.17) is 9.15 Å². The van der Waals surface area contributed by atoms with Gasteiger partial charge in [0, 0.05) is 18.2 Å². The third kappa shape index (κ3) is 5.08. The first kappa shape index (κ1) is 18.4. The number of nitrogens with one attached hydrogen (secondary N) is 2. The van der Waals surface area contributed by atoms with Crippen LogP contribution in [0.1, 0.15) is 36.2 Å². The van der Waals surface area contributed by atoms with Gasteiger partial charge in [0.25, 0.3) is 5.91 Å². The second kappa shape index (κ2) is 8.35. The number of rotatable bonds is 4. The molecule has 1 aliphatic rings. The largest absolute Gasteiger partial charge is 0.446 e. The summed E-state index contributed by atoms with van der Waals surface area (Å²) in [6.07, 6.45) is 2.02. The fraction of sp³-hybridized carbons (Fsp3) is 0.333. The van der Waals surface area contributed by atoms with E-state index >= 15 is 0 Å². The lowest BCUT2D eigenvalue weighted by Gasteiger charge is -2.29. The van der Waals surface area contributed by atoms with Crippen LogP contribution in [-0.4, -0.2) is 24.1 Å². The Kier molecular flexibility index (Phi) is 5.92. The van der Waals surface area contributed by atoms with Gasteiger partial charge in [-0.25, -0.2) is 9.18 Å². The van der Waals surface area contributed by atoms with Crippen LogP contribution in [0.5, 0.6) is 0 Å². The predicted octanol–water partition coefficient (Wildman–Crippen LogP) is 4.47. The second-order valence-corrected chi connectivity index (χ2v) is 6.88. The molecule has 3 rings (SSSR count). The van der Waals surface area contributed by atoms with Crippen molar-refractivity contribution in [3.63, 3.8) is 0 Å². The minimum absolute atomic E-state index is 0.0938. The fourth-order valence-electron chi connectivity index (χ4n) is 2.91. The molecular formula is C18H18BrFN2O4. The number of carbonyl (C=O) groups excluding carboxylic acids is 2. The van der Waals surface area contributed by atoms with Gasteiger partial charge in [0.05, 0.1) is 0 Å². The molecule has 0 aliphatic heterocycles. The Morgan fingerprint density at radius 2 is 1.92 bits per heavy atom. The van der Waals surface area contributed by atoms with E-state index in [2.05, 4.69) is 26.6 Å². The van der Waals surface area contributed by atoms with E-state index in [1.807, 2.05) is 0 Å². The summed E-state index contributed by atoms with van der Waals surface area (Å²) in [5.74, 6) is -0.440. The lowest BCUT2D eigenvalue weighted by molar-refractivity contribution is 0.0702. The van der Waals surface area contributed by atoms with Gasteiger partial charge in [-0.1, -0.05) is 0 Å². The number of halogens is 2. The average Bonchev–Trinajstić information content (AvgIpc) is 3.04. The molecule has 6 nitrogen and oxygen atoms in total. The maximum absolute atomic E-state index is 12.9. The van der Waals surface area contributed by atoms with E-state index in [1.54, 1.807) is 12.1 Å². The van der Waals surface area contributed by atoms with E-state index in [0.29, 0.717) is 16.8 Å². The first-order valence-corrected chi connectivity index (χ1v) is 9.08. The zero-order chi connectivity index (χ0) is 18.5. The van der Waals surface area contributed by atoms with Crippen molar-refractivity contribution >= 4 is 33.6 Å². The van der Waals surface area contributed by atoms with Gasteiger partial charge in [-0.3, -0.25) is 10.1 Å². The molecule has 8 heteroatoms. The second-order valence-electron chi connectivity index (χ2n) is 6.10. The fourth-order valence-corrected chi connectivity index (χ4v) is 3.21. The molecule has 0 saturated heterocycles. The number of ether oxygens (including phenoxy) is 1. The third-order valence-corrected chi connectivity index (χ3v) is 4.55. The summed E-state index contributed by atoms with van der Waals surface area (Å²) in [6.45, 7) is 0. The lowest BCUT2D eigenvalue weighted by Crippen LogP contribution is -2.41. The van der Waals surface area contributed by atoms with Gasteiger partial charge in [0.2, 0.25) is 0 Å². The van der Waals surface area contributed by atoms with Gasteiger partial charge in [0.1, 0.15) is 11.9 Å². The summed E-state index contributed by atoms with van der Waals surface area (Å²) < 4.78 is 24.0. The van der Waals surface area contributed by atoms with E-state index < -0.39 is 6.09 Å². The predicted molar refractivity (Wildman–Crippen MR) is 96.4 cm³/mol. The van der Waals surface area contributed by atoms with Crippen LogP contribution in [0.4, 0.5) is 14.9 Å². The van der Waals surface area contributed by atoms with Crippen LogP contribution in [-0.2, 0) is 4.74 Å². The number of carbonyl (C=O) groups is 2. The standard InChI is InChI=1S/C18H18BrFN2O4/c19-16-9-8-15(26-16)17(23)21-13-2-1-3-14(10-13)25-18(24)22-12-6-4-11(20)5-7-12/h4-9,13-14H,1-3,10H2,(H,21,23)(H,22,24)/t13-,14+/m1/s1. The average molecular weight is 425 g/mol. The monoisotopic (exact) mass is 424 g/mol. The van der Waals surface area contributed by atoms with E-state index in [9.17, 15) is 14.0 Å². The Balaban J connectivity index is 1.49. The summed E-state index contributed by atoms with van der Waals surface area (Å²) >= 11 is 3.16. The maximum Gasteiger partial charge on any atom is 0.411 e. The molecule has 1 fully saturated rings. The molecule has 1 aliphatic carbocycles. The zero-order valence-corrected chi connectivity index (χ0v) is 15.4. The molecule has 0 radical (unpaired) electrons.